The molecular weight excluding hydrogens is 180 g/mol. The Bertz CT molecular complexity index is 346. The Morgan fingerprint density at radius 3 is 2.86 bits per heavy atom. The number of benzene rings is 1. The minimum Gasteiger partial charge on any atom is -0.467 e. The molecule has 0 saturated heterocycles. The molecule has 0 aromatic heterocycles. The van der Waals surface area contributed by atoms with Gasteiger partial charge >= 0.3 is 5.97 Å². The van der Waals surface area contributed by atoms with Crippen LogP contribution in [0.2, 0.25) is 0 Å². The fourth-order valence-electron chi connectivity index (χ4n) is 1.63. The van der Waals surface area contributed by atoms with Gasteiger partial charge in [0.1, 0.15) is 0 Å². The van der Waals surface area contributed by atoms with Gasteiger partial charge in [0.2, 0.25) is 0 Å². The van der Waals surface area contributed by atoms with E-state index >= 15 is 0 Å². The summed E-state index contributed by atoms with van der Waals surface area (Å²) >= 11 is 0. The smallest absolute Gasteiger partial charge is 0.335 e. The lowest BCUT2D eigenvalue weighted by Gasteiger charge is -2.22. The van der Waals surface area contributed by atoms with Gasteiger partial charge in [0, 0.05) is 6.42 Å². The van der Waals surface area contributed by atoms with E-state index in [2.05, 4.69) is 4.74 Å². The number of esters is 1. The molecule has 3 heteroatoms. The fraction of sp³-hybridized carbons (Fsp3) is 0.364. The van der Waals surface area contributed by atoms with Gasteiger partial charge in [0.15, 0.2) is 6.10 Å². The summed E-state index contributed by atoms with van der Waals surface area (Å²) in [5.74, 6) is -0.292. The van der Waals surface area contributed by atoms with Crippen LogP contribution < -0.4 is 0 Å². The van der Waals surface area contributed by atoms with Crippen LogP contribution in [0, 0.1) is 0 Å². The summed E-state index contributed by atoms with van der Waals surface area (Å²) in [6, 6.07) is 7.98. The topological polar surface area (TPSA) is 35.5 Å². The third kappa shape index (κ3) is 1.63. The van der Waals surface area contributed by atoms with Crippen LogP contribution >= 0.6 is 0 Å². The third-order valence-electron chi connectivity index (χ3n) is 2.43. The summed E-state index contributed by atoms with van der Waals surface area (Å²) in [5, 5.41) is 0. The molecule has 1 aliphatic heterocycles. The molecule has 14 heavy (non-hydrogen) atoms. The molecular formula is C11H12O3. The minimum atomic E-state index is -0.435. The zero-order valence-corrected chi connectivity index (χ0v) is 8.03. The maximum absolute atomic E-state index is 11.2. The highest BCUT2D eigenvalue weighted by Gasteiger charge is 2.25. The number of fused-ring (bicyclic) bond motifs is 1. The zero-order chi connectivity index (χ0) is 9.97. The summed E-state index contributed by atoms with van der Waals surface area (Å²) < 4.78 is 10.0. The quantitative estimate of drug-likeness (QED) is 0.629. The Labute approximate surface area is 82.6 Å². The molecule has 1 aromatic rings. The van der Waals surface area contributed by atoms with Gasteiger partial charge < -0.3 is 9.47 Å². The SMILES string of the molecule is COC(=O)C1Cc2ccccc2CO1. The van der Waals surface area contributed by atoms with E-state index in [0.717, 1.165) is 5.56 Å². The van der Waals surface area contributed by atoms with Crippen molar-refractivity contribution in [2.24, 2.45) is 0 Å². The Morgan fingerprint density at radius 2 is 2.14 bits per heavy atom. The Morgan fingerprint density at radius 1 is 1.43 bits per heavy atom. The number of ether oxygens (including phenoxy) is 2. The Kier molecular flexibility index (Phi) is 2.50. The van der Waals surface area contributed by atoms with Gasteiger partial charge in [-0.25, -0.2) is 4.79 Å². The van der Waals surface area contributed by atoms with Gasteiger partial charge in [-0.1, -0.05) is 24.3 Å². The summed E-state index contributed by atoms with van der Waals surface area (Å²) in [4.78, 5) is 11.2. The predicted molar refractivity (Wildman–Crippen MR) is 50.7 cm³/mol. The molecule has 74 valence electrons. The van der Waals surface area contributed by atoms with E-state index in [9.17, 15) is 4.79 Å². The average molecular weight is 192 g/mol. The minimum absolute atomic E-state index is 0.292. The number of carbonyl (C=O) groups is 1. The van der Waals surface area contributed by atoms with Gasteiger partial charge in [-0.2, -0.15) is 0 Å². The van der Waals surface area contributed by atoms with Gasteiger partial charge in [-0.15, -0.1) is 0 Å². The first-order valence-corrected chi connectivity index (χ1v) is 4.57. The second-order valence-corrected chi connectivity index (χ2v) is 3.30. The molecule has 1 aliphatic rings. The number of rotatable bonds is 1. The van der Waals surface area contributed by atoms with Crippen LogP contribution in [0.5, 0.6) is 0 Å². The molecule has 0 fully saturated rings. The molecule has 1 atom stereocenters. The monoisotopic (exact) mass is 192 g/mol. The lowest BCUT2D eigenvalue weighted by Crippen LogP contribution is -2.31. The molecule has 1 heterocycles. The largest absolute Gasteiger partial charge is 0.467 e. The van der Waals surface area contributed by atoms with Crippen molar-refractivity contribution in [1.82, 2.24) is 0 Å². The maximum Gasteiger partial charge on any atom is 0.335 e. The number of methoxy groups -OCH3 is 1. The molecule has 0 saturated carbocycles. The van der Waals surface area contributed by atoms with E-state index < -0.39 is 6.10 Å². The van der Waals surface area contributed by atoms with Crippen molar-refractivity contribution in [3.63, 3.8) is 0 Å². The van der Waals surface area contributed by atoms with Gasteiger partial charge in [0.25, 0.3) is 0 Å². The summed E-state index contributed by atoms with van der Waals surface area (Å²) in [6.07, 6.45) is 0.179. The number of hydrogen-bond donors (Lipinski definition) is 0. The van der Waals surface area contributed by atoms with E-state index in [1.807, 2.05) is 24.3 Å². The molecule has 0 aliphatic carbocycles. The second kappa shape index (κ2) is 3.80. The van der Waals surface area contributed by atoms with Crippen molar-refractivity contribution in [1.29, 1.82) is 0 Å². The van der Waals surface area contributed by atoms with Crippen LogP contribution in [0.4, 0.5) is 0 Å². The van der Waals surface area contributed by atoms with Gasteiger partial charge in [-0.3, -0.25) is 0 Å². The molecule has 3 nitrogen and oxygen atoms in total. The number of carbonyl (C=O) groups excluding carboxylic acids is 1. The molecule has 1 aromatic carbocycles. The first-order chi connectivity index (χ1) is 6.81. The van der Waals surface area contributed by atoms with E-state index in [1.165, 1.54) is 12.7 Å². The standard InChI is InChI=1S/C11H12O3/c1-13-11(12)10-6-8-4-2-3-5-9(8)7-14-10/h2-5,10H,6-7H2,1H3. The molecule has 0 spiro atoms. The molecule has 0 bridgehead atoms. The van der Waals surface area contributed by atoms with E-state index in [-0.39, 0.29) is 5.97 Å². The third-order valence-corrected chi connectivity index (χ3v) is 2.43. The Balaban J connectivity index is 2.17. The summed E-state index contributed by atoms with van der Waals surface area (Å²) in [5.41, 5.74) is 2.34. The van der Waals surface area contributed by atoms with Crippen molar-refractivity contribution in [3.8, 4) is 0 Å². The molecule has 0 amide bonds. The van der Waals surface area contributed by atoms with Crippen molar-refractivity contribution in [2.45, 2.75) is 19.1 Å². The average Bonchev–Trinajstić information content (AvgIpc) is 2.27. The predicted octanol–water partition coefficient (Wildman–Crippen LogP) is 1.30. The summed E-state index contributed by atoms with van der Waals surface area (Å²) in [6.45, 7) is 0.496. The Hall–Kier alpha value is -1.35. The lowest BCUT2D eigenvalue weighted by atomic mass is 9.99. The van der Waals surface area contributed by atoms with Gasteiger partial charge in [-0.05, 0) is 11.1 Å². The summed E-state index contributed by atoms with van der Waals surface area (Å²) in [7, 11) is 1.38. The van der Waals surface area contributed by atoms with E-state index in [1.54, 1.807) is 0 Å². The molecule has 2 rings (SSSR count). The molecule has 0 radical (unpaired) electrons. The van der Waals surface area contributed by atoms with E-state index in [0.29, 0.717) is 13.0 Å². The fourth-order valence-corrected chi connectivity index (χ4v) is 1.63. The van der Waals surface area contributed by atoms with Crippen LogP contribution in [0.3, 0.4) is 0 Å². The first-order valence-electron chi connectivity index (χ1n) is 4.57. The van der Waals surface area contributed by atoms with Crippen LogP contribution in [0.15, 0.2) is 24.3 Å². The molecule has 1 unspecified atom stereocenters. The van der Waals surface area contributed by atoms with Crippen LogP contribution in [-0.2, 0) is 27.3 Å². The first kappa shape index (κ1) is 9.21. The van der Waals surface area contributed by atoms with Crippen molar-refractivity contribution >= 4 is 5.97 Å². The van der Waals surface area contributed by atoms with Crippen molar-refractivity contribution in [3.05, 3.63) is 35.4 Å². The van der Waals surface area contributed by atoms with Crippen LogP contribution in [0.1, 0.15) is 11.1 Å². The molecule has 0 N–H and O–H groups in total. The van der Waals surface area contributed by atoms with Gasteiger partial charge in [0.05, 0.1) is 13.7 Å². The maximum atomic E-state index is 11.2. The zero-order valence-electron chi connectivity index (χ0n) is 8.03. The second-order valence-electron chi connectivity index (χ2n) is 3.30. The van der Waals surface area contributed by atoms with E-state index in [4.69, 9.17) is 4.74 Å². The number of hydrogen-bond acceptors (Lipinski definition) is 3. The normalized spacial score (nSPS) is 19.9. The van der Waals surface area contributed by atoms with Crippen molar-refractivity contribution < 1.29 is 14.3 Å². The highest BCUT2D eigenvalue weighted by Crippen LogP contribution is 2.20. The lowest BCUT2D eigenvalue weighted by molar-refractivity contribution is -0.155. The van der Waals surface area contributed by atoms with Crippen LogP contribution in [-0.4, -0.2) is 19.2 Å². The van der Waals surface area contributed by atoms with Crippen molar-refractivity contribution in [2.75, 3.05) is 7.11 Å². The highest BCUT2D eigenvalue weighted by atomic mass is 16.6. The highest BCUT2D eigenvalue weighted by molar-refractivity contribution is 5.75. The van der Waals surface area contributed by atoms with Crippen LogP contribution in [0.25, 0.3) is 0 Å².